The topological polar surface area (TPSA) is 53.4 Å². The molecule has 3 aromatic carbocycles. The molecular formula is C36H36F7N5O. The predicted molar refractivity (Wildman–Crippen MR) is 170 cm³/mol. The maximum Gasteiger partial charge on any atom is 0.416 e. The van der Waals surface area contributed by atoms with E-state index in [0.29, 0.717) is 37.9 Å². The summed E-state index contributed by atoms with van der Waals surface area (Å²) in [5.41, 5.74) is -1.77. The molecule has 0 unspecified atom stereocenters. The number of imidazole rings is 1. The Bertz CT molecular complexity index is 1680. The van der Waals surface area contributed by atoms with Gasteiger partial charge in [-0.05, 0) is 73.6 Å². The maximum absolute atomic E-state index is 13.7. The van der Waals surface area contributed by atoms with Gasteiger partial charge in [0.05, 0.1) is 17.7 Å². The molecule has 13 heteroatoms. The molecule has 0 spiro atoms. The first kappa shape index (κ1) is 34.5. The zero-order valence-corrected chi connectivity index (χ0v) is 26.5. The van der Waals surface area contributed by atoms with Crippen LogP contribution in [0.15, 0.2) is 85.2 Å². The Labute approximate surface area is 279 Å². The monoisotopic (exact) mass is 687 g/mol. The van der Waals surface area contributed by atoms with Crippen molar-refractivity contribution in [3.05, 3.63) is 119 Å². The van der Waals surface area contributed by atoms with Crippen LogP contribution in [0, 0.1) is 5.82 Å². The van der Waals surface area contributed by atoms with Crippen molar-refractivity contribution in [3.63, 3.8) is 0 Å². The fraction of sp³-hybridized carbons (Fsp3) is 0.389. The lowest BCUT2D eigenvalue weighted by atomic mass is 9.89. The number of benzene rings is 3. The lowest BCUT2D eigenvalue weighted by molar-refractivity contribution is -0.143. The molecule has 2 fully saturated rings. The first-order valence-electron chi connectivity index (χ1n) is 16.2. The Morgan fingerprint density at radius 1 is 0.816 bits per heavy atom. The molecule has 2 saturated heterocycles. The Kier molecular flexibility index (Phi) is 10.0. The summed E-state index contributed by atoms with van der Waals surface area (Å²) in [4.78, 5) is 22.0. The molecule has 2 aliphatic heterocycles. The largest absolute Gasteiger partial charge is 0.416 e. The van der Waals surface area contributed by atoms with E-state index in [9.17, 15) is 35.5 Å². The minimum atomic E-state index is -5.05. The maximum atomic E-state index is 13.7. The van der Waals surface area contributed by atoms with Crippen LogP contribution in [0.5, 0.6) is 0 Å². The SMILES string of the molecule is O=C(c1cc(C(F)(F)F)cc(C(F)(F)F)c1)N1CC[C@H](N2CCC(Nc3nccn3Cc3ccc(F)cc3)CC2)C[C@@H]1Cc1ccccc1. The van der Waals surface area contributed by atoms with E-state index < -0.39 is 41.0 Å². The number of anilines is 1. The number of piperidine rings is 2. The van der Waals surface area contributed by atoms with Crippen LogP contribution >= 0.6 is 0 Å². The summed E-state index contributed by atoms with van der Waals surface area (Å²) in [6.07, 6.45) is -3.35. The normalized spacial score (nSPS) is 19.6. The zero-order valence-electron chi connectivity index (χ0n) is 26.5. The second kappa shape index (κ2) is 14.2. The Morgan fingerprint density at radius 2 is 1.47 bits per heavy atom. The Morgan fingerprint density at radius 3 is 2.10 bits per heavy atom. The van der Waals surface area contributed by atoms with Gasteiger partial charge < -0.3 is 19.7 Å². The molecule has 0 saturated carbocycles. The van der Waals surface area contributed by atoms with Gasteiger partial charge in [-0.2, -0.15) is 26.3 Å². The molecule has 1 N–H and O–H groups in total. The van der Waals surface area contributed by atoms with E-state index in [0.717, 1.165) is 43.0 Å². The van der Waals surface area contributed by atoms with E-state index in [1.54, 1.807) is 18.3 Å². The highest BCUT2D eigenvalue weighted by Crippen LogP contribution is 2.37. The fourth-order valence-electron chi connectivity index (χ4n) is 6.91. The Balaban J connectivity index is 1.14. The molecule has 0 aliphatic carbocycles. The van der Waals surface area contributed by atoms with E-state index in [-0.39, 0.29) is 30.5 Å². The minimum absolute atomic E-state index is 0.0435. The van der Waals surface area contributed by atoms with Crippen LogP contribution in [-0.2, 0) is 25.3 Å². The number of halogens is 7. The number of hydrogen-bond donors (Lipinski definition) is 1. The second-order valence-electron chi connectivity index (χ2n) is 12.8. The van der Waals surface area contributed by atoms with Gasteiger partial charge in [-0.3, -0.25) is 4.79 Å². The van der Waals surface area contributed by atoms with Gasteiger partial charge in [-0.25, -0.2) is 9.37 Å². The number of hydrogen-bond acceptors (Lipinski definition) is 4. The highest BCUT2D eigenvalue weighted by atomic mass is 19.4. The lowest BCUT2D eigenvalue weighted by Gasteiger charge is -2.45. The molecule has 4 aromatic rings. The molecular weight excluding hydrogens is 651 g/mol. The smallest absolute Gasteiger partial charge is 0.353 e. The van der Waals surface area contributed by atoms with Crippen molar-refractivity contribution in [3.8, 4) is 0 Å². The summed E-state index contributed by atoms with van der Waals surface area (Å²) in [5, 5.41) is 3.53. The summed E-state index contributed by atoms with van der Waals surface area (Å²) in [6, 6.07) is 16.6. The number of amides is 1. The third-order valence-electron chi connectivity index (χ3n) is 9.46. The van der Waals surface area contributed by atoms with E-state index in [4.69, 9.17) is 0 Å². The molecule has 49 heavy (non-hydrogen) atoms. The van der Waals surface area contributed by atoms with Gasteiger partial charge in [0.25, 0.3) is 5.91 Å². The number of carbonyl (C=O) groups is 1. The van der Waals surface area contributed by atoms with Crippen molar-refractivity contribution >= 4 is 11.9 Å². The number of carbonyl (C=O) groups excluding carboxylic acids is 1. The predicted octanol–water partition coefficient (Wildman–Crippen LogP) is 7.90. The number of aromatic nitrogens is 2. The number of nitrogens with zero attached hydrogens (tertiary/aromatic N) is 4. The first-order valence-corrected chi connectivity index (χ1v) is 16.2. The van der Waals surface area contributed by atoms with Crippen molar-refractivity contribution in [1.29, 1.82) is 0 Å². The molecule has 3 heterocycles. The van der Waals surface area contributed by atoms with Gasteiger partial charge in [0.2, 0.25) is 5.95 Å². The van der Waals surface area contributed by atoms with E-state index in [2.05, 4.69) is 15.2 Å². The van der Waals surface area contributed by atoms with Crippen molar-refractivity contribution in [2.45, 2.75) is 69.1 Å². The molecule has 0 radical (unpaired) electrons. The first-order chi connectivity index (χ1) is 23.3. The summed E-state index contributed by atoms with van der Waals surface area (Å²) in [7, 11) is 0. The average Bonchev–Trinajstić information content (AvgIpc) is 3.51. The van der Waals surface area contributed by atoms with Crippen LogP contribution < -0.4 is 5.32 Å². The molecule has 0 bridgehead atoms. The highest BCUT2D eigenvalue weighted by molar-refractivity contribution is 5.95. The van der Waals surface area contributed by atoms with Gasteiger partial charge >= 0.3 is 12.4 Å². The van der Waals surface area contributed by atoms with Crippen molar-refractivity contribution in [1.82, 2.24) is 19.4 Å². The molecule has 6 rings (SSSR count). The molecule has 1 amide bonds. The number of nitrogens with one attached hydrogen (secondary N) is 1. The van der Waals surface area contributed by atoms with E-state index >= 15 is 0 Å². The highest BCUT2D eigenvalue weighted by Gasteiger charge is 2.40. The van der Waals surface area contributed by atoms with Crippen molar-refractivity contribution in [2.75, 3.05) is 25.0 Å². The summed E-state index contributed by atoms with van der Waals surface area (Å²) >= 11 is 0. The second-order valence-corrected chi connectivity index (χ2v) is 12.8. The molecule has 6 nitrogen and oxygen atoms in total. The quantitative estimate of drug-likeness (QED) is 0.192. The van der Waals surface area contributed by atoms with Crippen LogP contribution in [-0.4, -0.2) is 63.0 Å². The molecule has 260 valence electrons. The summed E-state index contributed by atoms with van der Waals surface area (Å²) < 4.78 is 96.9. The summed E-state index contributed by atoms with van der Waals surface area (Å²) in [6.45, 7) is 2.29. The molecule has 2 aliphatic rings. The average molecular weight is 688 g/mol. The summed E-state index contributed by atoms with van der Waals surface area (Å²) in [5.74, 6) is -0.408. The van der Waals surface area contributed by atoms with Gasteiger partial charge in [-0.15, -0.1) is 0 Å². The van der Waals surface area contributed by atoms with Crippen molar-refractivity contribution in [2.24, 2.45) is 0 Å². The van der Waals surface area contributed by atoms with Gasteiger partial charge in [0, 0.05) is 55.7 Å². The van der Waals surface area contributed by atoms with Crippen LogP contribution in [0.4, 0.5) is 36.7 Å². The number of likely N-dealkylation sites (tertiary alicyclic amines) is 2. The van der Waals surface area contributed by atoms with Crippen LogP contribution in [0.2, 0.25) is 0 Å². The van der Waals surface area contributed by atoms with Crippen LogP contribution in [0.3, 0.4) is 0 Å². The van der Waals surface area contributed by atoms with Gasteiger partial charge in [0.1, 0.15) is 5.82 Å². The lowest BCUT2D eigenvalue weighted by Crippen LogP contribution is -2.54. The third kappa shape index (κ3) is 8.44. The standard InChI is InChI=1S/C36H36F7N5O/c37-29-8-6-25(7-9-29)23-47-17-13-44-34(47)45-30-10-14-46(15-11-30)31-12-16-48(32(22-31)18-24-4-2-1-3-5-24)33(49)26-19-27(35(38,39)40)21-28(20-26)36(41,42)43/h1-9,13,17,19-21,30-32H,10-12,14-16,18,22-23H2,(H,44,45)/t31-,32-/m0/s1. The van der Waals surface area contributed by atoms with Crippen LogP contribution in [0.1, 0.15) is 58.3 Å². The number of alkyl halides is 6. The number of rotatable bonds is 8. The molecule has 2 atom stereocenters. The van der Waals surface area contributed by atoms with E-state index in [1.807, 2.05) is 41.1 Å². The third-order valence-corrected chi connectivity index (χ3v) is 9.46. The molecule has 1 aromatic heterocycles. The fourth-order valence-corrected chi connectivity index (χ4v) is 6.91. The Hall–Kier alpha value is -4.39. The minimum Gasteiger partial charge on any atom is -0.353 e. The van der Waals surface area contributed by atoms with Gasteiger partial charge in [0.15, 0.2) is 0 Å². The van der Waals surface area contributed by atoms with Crippen LogP contribution in [0.25, 0.3) is 0 Å². The van der Waals surface area contributed by atoms with Crippen molar-refractivity contribution < 1.29 is 35.5 Å². The van der Waals surface area contributed by atoms with E-state index in [1.165, 1.54) is 17.0 Å². The zero-order chi connectivity index (χ0) is 34.8. The van der Waals surface area contributed by atoms with Gasteiger partial charge in [-0.1, -0.05) is 42.5 Å².